The molecule has 2 fully saturated rings. The summed E-state index contributed by atoms with van der Waals surface area (Å²) >= 11 is 0. The van der Waals surface area contributed by atoms with Crippen LogP contribution in [0.3, 0.4) is 0 Å². The summed E-state index contributed by atoms with van der Waals surface area (Å²) < 4.78 is 14.2. The quantitative estimate of drug-likeness (QED) is 0.858. The first-order valence-electron chi connectivity index (χ1n) is 7.65. The third-order valence-electron chi connectivity index (χ3n) is 4.80. The maximum atomic E-state index is 14.2. The first-order valence-corrected chi connectivity index (χ1v) is 7.65. The van der Waals surface area contributed by atoms with Gasteiger partial charge >= 0.3 is 0 Å². The number of nitriles is 1. The number of halogens is 1. The van der Waals surface area contributed by atoms with Gasteiger partial charge in [0.15, 0.2) is 0 Å². The molecule has 3 nitrogen and oxygen atoms in total. The maximum absolute atomic E-state index is 14.2. The van der Waals surface area contributed by atoms with Gasteiger partial charge < -0.3 is 0 Å². The van der Waals surface area contributed by atoms with Gasteiger partial charge in [0.25, 0.3) is 0 Å². The second kappa shape index (κ2) is 5.95. The van der Waals surface area contributed by atoms with E-state index in [2.05, 4.69) is 4.90 Å². The Morgan fingerprint density at radius 1 is 1.33 bits per heavy atom. The molecule has 0 aromatic heterocycles. The van der Waals surface area contributed by atoms with Crippen molar-refractivity contribution in [2.45, 2.75) is 44.7 Å². The van der Waals surface area contributed by atoms with Crippen LogP contribution < -0.4 is 0 Å². The van der Waals surface area contributed by atoms with E-state index >= 15 is 0 Å². The largest absolute Gasteiger partial charge is 0.299 e. The molecule has 1 aliphatic carbocycles. The minimum atomic E-state index is -0.414. The highest BCUT2D eigenvalue weighted by Crippen LogP contribution is 2.34. The van der Waals surface area contributed by atoms with Crippen molar-refractivity contribution < 1.29 is 9.18 Å². The Morgan fingerprint density at radius 2 is 2.19 bits per heavy atom. The predicted molar refractivity (Wildman–Crippen MR) is 76.9 cm³/mol. The van der Waals surface area contributed by atoms with Crippen LogP contribution in [0, 0.1) is 23.1 Å². The molecule has 2 atom stereocenters. The molecule has 0 radical (unpaired) electrons. The Balaban J connectivity index is 1.78. The number of likely N-dealkylation sites (tertiary alicyclic amines) is 1. The van der Waals surface area contributed by atoms with Crippen molar-refractivity contribution in [2.75, 3.05) is 6.54 Å². The van der Waals surface area contributed by atoms with E-state index in [0.29, 0.717) is 24.3 Å². The van der Waals surface area contributed by atoms with E-state index in [1.54, 1.807) is 12.1 Å². The van der Waals surface area contributed by atoms with E-state index in [1.165, 1.54) is 6.07 Å². The first kappa shape index (κ1) is 14.2. The minimum Gasteiger partial charge on any atom is -0.299 e. The number of hydrogen-bond donors (Lipinski definition) is 0. The average molecular weight is 286 g/mol. The zero-order chi connectivity index (χ0) is 14.8. The number of benzene rings is 1. The topological polar surface area (TPSA) is 44.1 Å². The van der Waals surface area contributed by atoms with Gasteiger partial charge in [-0.25, -0.2) is 4.39 Å². The van der Waals surface area contributed by atoms with Gasteiger partial charge in [0, 0.05) is 30.5 Å². The molecule has 21 heavy (non-hydrogen) atoms. The van der Waals surface area contributed by atoms with Gasteiger partial charge in [0.05, 0.1) is 5.56 Å². The van der Waals surface area contributed by atoms with Crippen molar-refractivity contribution in [1.82, 2.24) is 4.90 Å². The fourth-order valence-electron chi connectivity index (χ4n) is 3.76. The SMILES string of the molecule is N#Cc1cccc(CN2CCCC2C2CCCC2=O)c1F. The third kappa shape index (κ3) is 2.71. The maximum Gasteiger partial charge on any atom is 0.145 e. The molecule has 0 amide bonds. The summed E-state index contributed by atoms with van der Waals surface area (Å²) in [6, 6.07) is 7.10. The highest BCUT2D eigenvalue weighted by molar-refractivity contribution is 5.83. The number of rotatable bonds is 3. The molecule has 2 unspecified atom stereocenters. The van der Waals surface area contributed by atoms with Crippen LogP contribution in [0.25, 0.3) is 0 Å². The molecule has 0 spiro atoms. The molecule has 1 saturated carbocycles. The number of Topliss-reactive ketones (excluding diaryl/α,β-unsaturated/α-hetero) is 1. The molecule has 1 saturated heterocycles. The molecule has 110 valence electrons. The number of carbonyl (C=O) groups excluding carboxylic acids is 1. The van der Waals surface area contributed by atoms with E-state index in [1.807, 2.05) is 6.07 Å². The van der Waals surface area contributed by atoms with Crippen molar-refractivity contribution >= 4 is 5.78 Å². The number of carbonyl (C=O) groups is 1. The second-order valence-electron chi connectivity index (χ2n) is 6.04. The van der Waals surface area contributed by atoms with Crippen LogP contribution in [-0.2, 0) is 11.3 Å². The Morgan fingerprint density at radius 3 is 2.90 bits per heavy atom. The van der Waals surface area contributed by atoms with Gasteiger partial charge in [0.1, 0.15) is 17.7 Å². The summed E-state index contributed by atoms with van der Waals surface area (Å²) in [5.74, 6) is 0.0938. The third-order valence-corrected chi connectivity index (χ3v) is 4.80. The van der Waals surface area contributed by atoms with Crippen molar-refractivity contribution in [1.29, 1.82) is 5.26 Å². The van der Waals surface area contributed by atoms with Crippen molar-refractivity contribution in [2.24, 2.45) is 5.92 Å². The molecule has 0 bridgehead atoms. The number of ketones is 1. The second-order valence-corrected chi connectivity index (χ2v) is 6.04. The van der Waals surface area contributed by atoms with Crippen LogP contribution in [0.15, 0.2) is 18.2 Å². The smallest absolute Gasteiger partial charge is 0.145 e. The van der Waals surface area contributed by atoms with Gasteiger partial charge in [-0.05, 0) is 38.3 Å². The summed E-state index contributed by atoms with van der Waals surface area (Å²) in [5, 5.41) is 8.91. The van der Waals surface area contributed by atoms with Crippen LogP contribution in [0.2, 0.25) is 0 Å². The first-order chi connectivity index (χ1) is 10.2. The van der Waals surface area contributed by atoms with E-state index in [4.69, 9.17) is 5.26 Å². The van der Waals surface area contributed by atoms with Gasteiger partial charge in [0.2, 0.25) is 0 Å². The Labute approximate surface area is 124 Å². The van der Waals surface area contributed by atoms with E-state index in [0.717, 1.165) is 32.2 Å². The van der Waals surface area contributed by atoms with E-state index in [-0.39, 0.29) is 17.5 Å². The highest BCUT2D eigenvalue weighted by atomic mass is 19.1. The summed E-state index contributed by atoms with van der Waals surface area (Å²) in [4.78, 5) is 14.2. The lowest BCUT2D eigenvalue weighted by atomic mass is 9.95. The Hall–Kier alpha value is -1.73. The predicted octanol–water partition coefficient (Wildman–Crippen LogP) is 3.03. The molecule has 2 aliphatic rings. The lowest BCUT2D eigenvalue weighted by molar-refractivity contribution is -0.122. The van der Waals surface area contributed by atoms with Crippen molar-refractivity contribution in [3.05, 3.63) is 35.1 Å². The molecule has 3 rings (SSSR count). The summed E-state index contributed by atoms with van der Waals surface area (Å²) in [6.45, 7) is 1.40. The van der Waals surface area contributed by atoms with Crippen LogP contribution in [-0.4, -0.2) is 23.3 Å². The van der Waals surface area contributed by atoms with Crippen molar-refractivity contribution in [3.8, 4) is 6.07 Å². The van der Waals surface area contributed by atoms with E-state index < -0.39 is 5.82 Å². The summed E-state index contributed by atoms with van der Waals surface area (Å²) in [7, 11) is 0. The molecule has 1 heterocycles. The van der Waals surface area contributed by atoms with Crippen LogP contribution in [0.4, 0.5) is 4.39 Å². The molecule has 0 N–H and O–H groups in total. The van der Waals surface area contributed by atoms with Crippen LogP contribution in [0.1, 0.15) is 43.2 Å². The molecule has 4 heteroatoms. The molecular formula is C17H19FN2O. The molecule has 1 aliphatic heterocycles. The lowest BCUT2D eigenvalue weighted by Gasteiger charge is -2.28. The summed E-state index contributed by atoms with van der Waals surface area (Å²) in [5.41, 5.74) is 0.659. The number of hydrogen-bond acceptors (Lipinski definition) is 3. The fraction of sp³-hybridized carbons (Fsp3) is 0.529. The highest BCUT2D eigenvalue weighted by Gasteiger charge is 2.38. The van der Waals surface area contributed by atoms with Crippen molar-refractivity contribution in [3.63, 3.8) is 0 Å². The molecule has 1 aromatic carbocycles. The van der Waals surface area contributed by atoms with Crippen LogP contribution in [0.5, 0.6) is 0 Å². The van der Waals surface area contributed by atoms with Crippen LogP contribution >= 0.6 is 0 Å². The zero-order valence-electron chi connectivity index (χ0n) is 12.0. The van der Waals surface area contributed by atoms with Gasteiger partial charge in [-0.3, -0.25) is 9.69 Å². The standard InChI is InChI=1S/C17H19FN2O/c18-17-12(10-19)4-1-5-13(17)11-20-9-3-7-15(20)14-6-2-8-16(14)21/h1,4-5,14-15H,2-3,6-9,11H2. The minimum absolute atomic E-state index is 0.0974. The molecule has 1 aromatic rings. The molecular weight excluding hydrogens is 267 g/mol. The Kier molecular flexibility index (Phi) is 4.03. The number of nitrogens with zero attached hydrogens (tertiary/aromatic N) is 2. The van der Waals surface area contributed by atoms with E-state index in [9.17, 15) is 9.18 Å². The van der Waals surface area contributed by atoms with Gasteiger partial charge in [-0.1, -0.05) is 12.1 Å². The normalized spacial score (nSPS) is 26.2. The van der Waals surface area contributed by atoms with Gasteiger partial charge in [-0.15, -0.1) is 0 Å². The van der Waals surface area contributed by atoms with Gasteiger partial charge in [-0.2, -0.15) is 5.26 Å². The Bertz CT molecular complexity index is 593. The zero-order valence-corrected chi connectivity index (χ0v) is 12.0. The average Bonchev–Trinajstić information content (AvgIpc) is 3.09. The fourth-order valence-corrected chi connectivity index (χ4v) is 3.76. The monoisotopic (exact) mass is 286 g/mol. The summed E-state index contributed by atoms with van der Waals surface area (Å²) in [6.07, 6.45) is 4.75. The lowest BCUT2D eigenvalue weighted by Crippen LogP contribution is -2.37.